The Morgan fingerprint density at radius 3 is 2.07 bits per heavy atom. The average molecular weight is 366 g/mol. The van der Waals surface area contributed by atoms with Gasteiger partial charge in [-0.05, 0) is 11.5 Å². The first kappa shape index (κ1) is 17.8. The molecule has 0 amide bonds. The predicted molar refractivity (Wildman–Crippen MR) is 110 cm³/mol. The summed E-state index contributed by atoms with van der Waals surface area (Å²) >= 11 is 0. The standard InChI is InChI=1S/C24H18N2O2/c27-23(19-11-3-1-4-12-19)24(28,20-14-5-2-6-15-20)26-25-22-17-9-13-18-10-7-8-16-21(18)22/h1-17,28H/t24-/m0/s1. The van der Waals surface area contributed by atoms with E-state index in [0.29, 0.717) is 16.8 Å². The summed E-state index contributed by atoms with van der Waals surface area (Å²) in [5.41, 5.74) is -0.786. The van der Waals surface area contributed by atoms with Crippen LogP contribution in [0.2, 0.25) is 0 Å². The maximum absolute atomic E-state index is 13.1. The molecule has 136 valence electrons. The lowest BCUT2D eigenvalue weighted by Gasteiger charge is -2.21. The quantitative estimate of drug-likeness (QED) is 0.366. The Morgan fingerprint density at radius 2 is 1.32 bits per heavy atom. The van der Waals surface area contributed by atoms with Crippen molar-refractivity contribution in [1.82, 2.24) is 0 Å². The van der Waals surface area contributed by atoms with Crippen LogP contribution in [0.3, 0.4) is 0 Å². The van der Waals surface area contributed by atoms with Gasteiger partial charge in [-0.3, -0.25) is 4.79 Å². The number of hydrogen-bond donors (Lipinski definition) is 1. The van der Waals surface area contributed by atoms with Crippen molar-refractivity contribution >= 4 is 22.2 Å². The number of nitrogens with zero attached hydrogens (tertiary/aromatic N) is 2. The van der Waals surface area contributed by atoms with E-state index in [2.05, 4.69) is 10.2 Å². The first-order chi connectivity index (χ1) is 13.7. The van der Waals surface area contributed by atoms with E-state index in [1.165, 1.54) is 0 Å². The smallest absolute Gasteiger partial charge is 0.266 e. The van der Waals surface area contributed by atoms with Crippen molar-refractivity contribution < 1.29 is 9.90 Å². The van der Waals surface area contributed by atoms with Crippen LogP contribution in [-0.4, -0.2) is 10.9 Å². The lowest BCUT2D eigenvalue weighted by atomic mass is 9.94. The van der Waals surface area contributed by atoms with Gasteiger partial charge in [0.1, 0.15) is 0 Å². The van der Waals surface area contributed by atoms with Gasteiger partial charge in [-0.15, -0.1) is 5.11 Å². The second-order valence-electron chi connectivity index (χ2n) is 6.43. The zero-order valence-electron chi connectivity index (χ0n) is 15.1. The Labute approximate surface area is 162 Å². The molecule has 0 aliphatic carbocycles. The highest BCUT2D eigenvalue weighted by atomic mass is 16.3. The third-order valence-corrected chi connectivity index (χ3v) is 4.60. The van der Waals surface area contributed by atoms with Crippen LogP contribution < -0.4 is 0 Å². The molecular weight excluding hydrogens is 348 g/mol. The Balaban J connectivity index is 1.82. The van der Waals surface area contributed by atoms with Gasteiger partial charge in [-0.2, -0.15) is 5.11 Å². The van der Waals surface area contributed by atoms with Crippen molar-refractivity contribution in [3.05, 3.63) is 114 Å². The Bertz CT molecular complexity index is 1140. The number of benzene rings is 4. The maximum Gasteiger partial charge on any atom is 0.266 e. The first-order valence-electron chi connectivity index (χ1n) is 8.97. The van der Waals surface area contributed by atoms with E-state index in [-0.39, 0.29) is 0 Å². The van der Waals surface area contributed by atoms with E-state index < -0.39 is 11.5 Å². The number of hydrogen-bond acceptors (Lipinski definition) is 4. The van der Waals surface area contributed by atoms with Crippen LogP contribution in [0.1, 0.15) is 15.9 Å². The molecule has 0 aliphatic heterocycles. The third kappa shape index (κ3) is 3.33. The predicted octanol–water partition coefficient (Wildman–Crippen LogP) is 5.65. The van der Waals surface area contributed by atoms with Gasteiger partial charge in [-0.1, -0.05) is 97.1 Å². The maximum atomic E-state index is 13.1. The molecule has 4 aromatic carbocycles. The van der Waals surface area contributed by atoms with Crippen LogP contribution in [0.5, 0.6) is 0 Å². The summed E-state index contributed by atoms with van der Waals surface area (Å²) in [6, 6.07) is 30.7. The van der Waals surface area contributed by atoms with Crippen molar-refractivity contribution in [2.24, 2.45) is 10.2 Å². The van der Waals surface area contributed by atoms with Gasteiger partial charge in [-0.25, -0.2) is 0 Å². The number of carbonyl (C=O) groups excluding carboxylic acids is 1. The number of azo groups is 1. The lowest BCUT2D eigenvalue weighted by Crippen LogP contribution is -2.33. The summed E-state index contributed by atoms with van der Waals surface area (Å²) in [6.45, 7) is 0. The molecular formula is C24H18N2O2. The second kappa shape index (κ2) is 7.55. The Morgan fingerprint density at radius 1 is 0.714 bits per heavy atom. The van der Waals surface area contributed by atoms with Gasteiger partial charge in [0.2, 0.25) is 5.78 Å². The summed E-state index contributed by atoms with van der Waals surface area (Å²) in [4.78, 5) is 13.1. The highest BCUT2D eigenvalue weighted by Crippen LogP contribution is 2.32. The van der Waals surface area contributed by atoms with E-state index >= 15 is 0 Å². The molecule has 4 aromatic rings. The molecule has 0 unspecified atom stereocenters. The average Bonchev–Trinajstić information content (AvgIpc) is 2.78. The fourth-order valence-electron chi connectivity index (χ4n) is 3.12. The van der Waals surface area contributed by atoms with E-state index in [0.717, 1.165) is 10.8 Å². The van der Waals surface area contributed by atoms with E-state index in [1.54, 1.807) is 48.5 Å². The number of carbonyl (C=O) groups is 1. The molecule has 0 saturated carbocycles. The zero-order chi connectivity index (χ0) is 19.4. The minimum Gasteiger partial charge on any atom is -0.358 e. The molecule has 1 N–H and O–H groups in total. The topological polar surface area (TPSA) is 62.0 Å². The van der Waals surface area contributed by atoms with Crippen LogP contribution in [0.25, 0.3) is 10.8 Å². The van der Waals surface area contributed by atoms with Crippen LogP contribution in [0.15, 0.2) is 113 Å². The summed E-state index contributed by atoms with van der Waals surface area (Å²) in [5.74, 6) is -0.525. The largest absolute Gasteiger partial charge is 0.358 e. The molecule has 1 atom stereocenters. The summed E-state index contributed by atoms with van der Waals surface area (Å²) < 4.78 is 0. The molecule has 28 heavy (non-hydrogen) atoms. The van der Waals surface area contributed by atoms with Crippen molar-refractivity contribution in [3.8, 4) is 0 Å². The molecule has 0 saturated heterocycles. The summed E-state index contributed by atoms with van der Waals surface area (Å²) in [7, 11) is 0. The minimum absolute atomic E-state index is 0.366. The molecule has 4 nitrogen and oxygen atoms in total. The van der Waals surface area contributed by atoms with Crippen LogP contribution in [0.4, 0.5) is 5.69 Å². The van der Waals surface area contributed by atoms with Gasteiger partial charge < -0.3 is 5.11 Å². The molecule has 0 aromatic heterocycles. The van der Waals surface area contributed by atoms with Gasteiger partial charge >= 0.3 is 0 Å². The van der Waals surface area contributed by atoms with Crippen molar-refractivity contribution in [2.75, 3.05) is 0 Å². The number of fused-ring (bicyclic) bond motifs is 1. The molecule has 0 spiro atoms. The van der Waals surface area contributed by atoms with Gasteiger partial charge in [0.15, 0.2) is 0 Å². The zero-order valence-corrected chi connectivity index (χ0v) is 15.1. The number of aliphatic hydroxyl groups is 1. The number of rotatable bonds is 5. The fraction of sp³-hybridized carbons (Fsp3) is 0.0417. The monoisotopic (exact) mass is 366 g/mol. The Hall–Kier alpha value is -3.63. The summed E-state index contributed by atoms with van der Waals surface area (Å²) in [6.07, 6.45) is 0. The molecule has 4 rings (SSSR count). The normalized spacial score (nSPS) is 13.5. The van der Waals surface area contributed by atoms with Crippen LogP contribution in [-0.2, 0) is 5.72 Å². The van der Waals surface area contributed by atoms with E-state index in [1.807, 2.05) is 54.6 Å². The molecule has 0 aliphatic rings. The molecule has 0 heterocycles. The van der Waals surface area contributed by atoms with Crippen LogP contribution >= 0.6 is 0 Å². The van der Waals surface area contributed by atoms with E-state index in [9.17, 15) is 9.90 Å². The minimum atomic E-state index is -2.11. The number of Topliss-reactive ketones (excluding diaryl/α,β-unsaturated/α-hetero) is 1. The first-order valence-corrected chi connectivity index (χ1v) is 8.97. The van der Waals surface area contributed by atoms with Crippen molar-refractivity contribution in [2.45, 2.75) is 5.72 Å². The molecule has 0 fully saturated rings. The SMILES string of the molecule is O=C(c1ccccc1)[C@](O)(N=Nc1cccc2ccccc12)c1ccccc1. The van der Waals surface area contributed by atoms with Gasteiger partial charge in [0.05, 0.1) is 5.69 Å². The van der Waals surface area contributed by atoms with E-state index in [4.69, 9.17) is 0 Å². The summed E-state index contributed by atoms with van der Waals surface area (Å²) in [5, 5.41) is 21.7. The molecule has 0 radical (unpaired) electrons. The molecule has 0 bridgehead atoms. The fourth-order valence-corrected chi connectivity index (χ4v) is 3.12. The van der Waals surface area contributed by atoms with Crippen molar-refractivity contribution in [1.29, 1.82) is 0 Å². The molecule has 4 heteroatoms. The van der Waals surface area contributed by atoms with Crippen molar-refractivity contribution in [3.63, 3.8) is 0 Å². The Kier molecular flexibility index (Phi) is 4.79. The second-order valence-corrected chi connectivity index (χ2v) is 6.43. The number of ketones is 1. The highest BCUT2D eigenvalue weighted by molar-refractivity contribution is 6.02. The van der Waals surface area contributed by atoms with Crippen LogP contribution in [0, 0.1) is 0 Å². The third-order valence-electron chi connectivity index (χ3n) is 4.60. The van der Waals surface area contributed by atoms with Gasteiger partial charge in [0.25, 0.3) is 5.72 Å². The van der Waals surface area contributed by atoms with Gasteiger partial charge in [0, 0.05) is 16.5 Å². The lowest BCUT2D eigenvalue weighted by molar-refractivity contribution is 0.0309. The highest BCUT2D eigenvalue weighted by Gasteiger charge is 2.39.